The maximum absolute atomic E-state index is 12.9. The van der Waals surface area contributed by atoms with E-state index in [1.165, 1.54) is 35.2 Å². The van der Waals surface area contributed by atoms with Gasteiger partial charge in [0, 0.05) is 50.9 Å². The monoisotopic (exact) mass is 410 g/mol. The van der Waals surface area contributed by atoms with Gasteiger partial charge in [0.25, 0.3) is 17.4 Å². The normalized spacial score (nSPS) is 16.4. The van der Waals surface area contributed by atoms with Crippen LogP contribution in [0, 0.1) is 0 Å². The van der Waals surface area contributed by atoms with Gasteiger partial charge in [0.2, 0.25) is 0 Å². The number of amides is 2. The Morgan fingerprint density at radius 2 is 1.93 bits per heavy atom. The highest BCUT2D eigenvalue weighted by Crippen LogP contribution is 2.40. The number of benzene rings is 1. The number of carbonyl (C=O) groups is 2. The molecule has 1 unspecified atom stereocenters. The maximum atomic E-state index is 12.9. The predicted octanol–water partition coefficient (Wildman–Crippen LogP) is 2.33. The smallest absolute Gasteiger partial charge is 0.274 e. The Labute approximate surface area is 172 Å². The molecule has 2 amide bonds. The first-order chi connectivity index (χ1) is 13.9. The molecule has 0 spiro atoms. The fourth-order valence-electron chi connectivity index (χ4n) is 3.79. The molecule has 29 heavy (non-hydrogen) atoms. The molecule has 0 N–H and O–H groups in total. The van der Waals surface area contributed by atoms with Crippen molar-refractivity contribution in [3.05, 3.63) is 62.9 Å². The van der Waals surface area contributed by atoms with Crippen LogP contribution in [0.5, 0.6) is 0 Å². The second-order valence-electron chi connectivity index (χ2n) is 7.46. The summed E-state index contributed by atoms with van der Waals surface area (Å²) in [5, 5.41) is 5.16. The third kappa shape index (κ3) is 3.44. The van der Waals surface area contributed by atoms with E-state index in [1.54, 1.807) is 23.9 Å². The summed E-state index contributed by atoms with van der Waals surface area (Å²) >= 11 is 1.51. The average molecular weight is 410 g/mol. The van der Waals surface area contributed by atoms with E-state index in [9.17, 15) is 14.4 Å². The van der Waals surface area contributed by atoms with Gasteiger partial charge in [-0.3, -0.25) is 14.4 Å². The molecule has 1 fully saturated rings. The van der Waals surface area contributed by atoms with Crippen LogP contribution < -0.4 is 5.56 Å². The Kier molecular flexibility index (Phi) is 4.96. The molecule has 1 aliphatic heterocycles. The molecule has 3 heterocycles. The van der Waals surface area contributed by atoms with Crippen LogP contribution in [0.15, 0.2) is 41.2 Å². The third-order valence-corrected chi connectivity index (χ3v) is 6.47. The van der Waals surface area contributed by atoms with Crippen LogP contribution in [0.4, 0.5) is 0 Å². The van der Waals surface area contributed by atoms with Crippen LogP contribution >= 0.6 is 11.3 Å². The van der Waals surface area contributed by atoms with Gasteiger partial charge < -0.3 is 9.80 Å². The molecule has 8 heteroatoms. The SMILES string of the molecule is CN(C)C(=O)c1sc2ccccc2c1C1CCN(C(=O)c2ccc(=O)n(C)n2)C1. The second kappa shape index (κ2) is 7.44. The van der Waals surface area contributed by atoms with E-state index in [-0.39, 0.29) is 29.0 Å². The van der Waals surface area contributed by atoms with Gasteiger partial charge in [-0.1, -0.05) is 18.2 Å². The van der Waals surface area contributed by atoms with Crippen molar-refractivity contribution in [2.24, 2.45) is 7.05 Å². The van der Waals surface area contributed by atoms with E-state index < -0.39 is 0 Å². The molecule has 2 aromatic heterocycles. The number of likely N-dealkylation sites (tertiary alicyclic amines) is 1. The summed E-state index contributed by atoms with van der Waals surface area (Å²) in [6.07, 6.45) is 0.784. The van der Waals surface area contributed by atoms with Crippen LogP contribution in [0.3, 0.4) is 0 Å². The Bertz CT molecular complexity index is 1160. The first-order valence-corrected chi connectivity index (χ1v) is 10.2. The van der Waals surface area contributed by atoms with Crippen molar-refractivity contribution in [2.45, 2.75) is 12.3 Å². The largest absolute Gasteiger partial charge is 0.344 e. The molecule has 0 aliphatic carbocycles. The summed E-state index contributed by atoms with van der Waals surface area (Å²) < 4.78 is 2.25. The van der Waals surface area contributed by atoms with Gasteiger partial charge in [0.05, 0.1) is 4.88 Å². The van der Waals surface area contributed by atoms with Crippen molar-refractivity contribution >= 4 is 33.2 Å². The Balaban J connectivity index is 1.67. The van der Waals surface area contributed by atoms with Crippen LogP contribution in [-0.2, 0) is 7.05 Å². The summed E-state index contributed by atoms with van der Waals surface area (Å²) in [6, 6.07) is 10.9. The van der Waals surface area contributed by atoms with Gasteiger partial charge >= 0.3 is 0 Å². The molecule has 1 aliphatic rings. The molecule has 0 bridgehead atoms. The van der Waals surface area contributed by atoms with E-state index in [2.05, 4.69) is 5.10 Å². The van der Waals surface area contributed by atoms with Gasteiger partial charge in [0.15, 0.2) is 0 Å². The van der Waals surface area contributed by atoms with E-state index in [1.807, 2.05) is 24.3 Å². The van der Waals surface area contributed by atoms with E-state index in [0.717, 1.165) is 26.9 Å². The number of aryl methyl sites for hydroxylation is 1. The van der Waals surface area contributed by atoms with Crippen molar-refractivity contribution in [1.29, 1.82) is 0 Å². The lowest BCUT2D eigenvalue weighted by Crippen LogP contribution is -2.31. The fourth-order valence-corrected chi connectivity index (χ4v) is 5.10. The highest BCUT2D eigenvalue weighted by atomic mass is 32.1. The molecular weight excluding hydrogens is 388 g/mol. The summed E-state index contributed by atoms with van der Waals surface area (Å²) in [4.78, 5) is 41.3. The number of nitrogens with zero attached hydrogens (tertiary/aromatic N) is 4. The minimum absolute atomic E-state index is 0.00861. The molecule has 4 rings (SSSR count). The zero-order valence-corrected chi connectivity index (χ0v) is 17.4. The van der Waals surface area contributed by atoms with Gasteiger partial charge in [0.1, 0.15) is 5.69 Å². The Morgan fingerprint density at radius 3 is 2.66 bits per heavy atom. The molecule has 1 atom stereocenters. The fraction of sp³-hybridized carbons (Fsp3) is 0.333. The Morgan fingerprint density at radius 1 is 1.17 bits per heavy atom. The molecular formula is C21H22N4O3S. The van der Waals surface area contributed by atoms with Gasteiger partial charge in [-0.15, -0.1) is 11.3 Å². The summed E-state index contributed by atoms with van der Waals surface area (Å²) in [6.45, 7) is 1.12. The number of hydrogen-bond donors (Lipinski definition) is 0. The van der Waals surface area contributed by atoms with Crippen molar-refractivity contribution in [3.63, 3.8) is 0 Å². The number of fused-ring (bicyclic) bond motifs is 1. The summed E-state index contributed by atoms with van der Waals surface area (Å²) in [5.41, 5.74) is 1.04. The first kappa shape index (κ1) is 19.3. The third-order valence-electron chi connectivity index (χ3n) is 5.30. The van der Waals surface area contributed by atoms with Crippen LogP contribution in [0.2, 0.25) is 0 Å². The lowest BCUT2D eigenvalue weighted by Gasteiger charge is -2.17. The lowest BCUT2D eigenvalue weighted by atomic mass is 9.95. The zero-order chi connectivity index (χ0) is 20.7. The van der Waals surface area contributed by atoms with Gasteiger partial charge in [-0.25, -0.2) is 4.68 Å². The molecule has 1 saturated heterocycles. The highest BCUT2D eigenvalue weighted by Gasteiger charge is 2.33. The van der Waals surface area contributed by atoms with E-state index >= 15 is 0 Å². The standard InChI is InChI=1S/C21H22N4O3S/c1-23(2)21(28)19-18(14-6-4-5-7-16(14)29-19)13-10-11-25(12-13)20(27)15-8-9-17(26)24(3)22-15/h4-9,13H,10-12H2,1-3H3. The minimum atomic E-state index is -0.252. The van der Waals surface area contributed by atoms with Crippen LogP contribution in [-0.4, -0.2) is 58.6 Å². The highest BCUT2D eigenvalue weighted by molar-refractivity contribution is 7.21. The topological polar surface area (TPSA) is 75.5 Å². The number of carbonyl (C=O) groups excluding carboxylic acids is 2. The lowest BCUT2D eigenvalue weighted by molar-refractivity contribution is 0.0782. The summed E-state index contributed by atoms with van der Waals surface area (Å²) in [5.74, 6) is -0.115. The first-order valence-electron chi connectivity index (χ1n) is 9.43. The van der Waals surface area contributed by atoms with Crippen molar-refractivity contribution in [1.82, 2.24) is 19.6 Å². The van der Waals surface area contributed by atoms with Crippen molar-refractivity contribution in [3.8, 4) is 0 Å². The maximum Gasteiger partial charge on any atom is 0.274 e. The molecule has 0 saturated carbocycles. The average Bonchev–Trinajstić information content (AvgIpc) is 3.33. The second-order valence-corrected chi connectivity index (χ2v) is 8.51. The zero-order valence-electron chi connectivity index (χ0n) is 16.6. The van der Waals surface area contributed by atoms with Gasteiger partial charge in [-0.05, 0) is 29.5 Å². The molecule has 7 nitrogen and oxygen atoms in total. The van der Waals surface area contributed by atoms with E-state index in [4.69, 9.17) is 0 Å². The Hall–Kier alpha value is -3.00. The van der Waals surface area contributed by atoms with Crippen molar-refractivity contribution < 1.29 is 9.59 Å². The number of hydrogen-bond acceptors (Lipinski definition) is 5. The molecule has 150 valence electrons. The van der Waals surface area contributed by atoms with Gasteiger partial charge in [-0.2, -0.15) is 5.10 Å². The van der Waals surface area contributed by atoms with Crippen LogP contribution in [0.25, 0.3) is 10.1 Å². The summed E-state index contributed by atoms with van der Waals surface area (Å²) in [7, 11) is 5.04. The van der Waals surface area contributed by atoms with E-state index in [0.29, 0.717) is 13.1 Å². The quantitative estimate of drug-likeness (QED) is 0.664. The molecule has 1 aromatic carbocycles. The minimum Gasteiger partial charge on any atom is -0.344 e. The van der Waals surface area contributed by atoms with Crippen molar-refractivity contribution in [2.75, 3.05) is 27.2 Å². The molecule has 0 radical (unpaired) electrons. The number of thiophene rings is 1. The predicted molar refractivity (Wildman–Crippen MR) is 113 cm³/mol. The number of rotatable bonds is 3. The molecule has 3 aromatic rings. The number of aromatic nitrogens is 2. The van der Waals surface area contributed by atoms with Crippen LogP contribution in [0.1, 0.15) is 38.1 Å².